The lowest BCUT2D eigenvalue weighted by Crippen LogP contribution is -2.36. The normalized spacial score (nSPS) is 20.2. The minimum absolute atomic E-state index is 0.0793. The molecule has 2 aliphatic carbocycles. The van der Waals surface area contributed by atoms with Crippen molar-refractivity contribution in [3.05, 3.63) is 59.7 Å². The van der Waals surface area contributed by atoms with Crippen LogP contribution in [0.2, 0.25) is 0 Å². The molecule has 0 spiro atoms. The highest BCUT2D eigenvalue weighted by Crippen LogP contribution is 2.44. The predicted molar refractivity (Wildman–Crippen MR) is 117 cm³/mol. The number of carbonyl (C=O) groups excluding carboxylic acids is 2. The van der Waals surface area contributed by atoms with Gasteiger partial charge >= 0.3 is 6.09 Å². The highest BCUT2D eigenvalue weighted by Gasteiger charge is 2.29. The topological polar surface area (TPSA) is 67.4 Å². The number of amides is 2. The maximum Gasteiger partial charge on any atom is 0.407 e. The van der Waals surface area contributed by atoms with Crippen LogP contribution in [0.1, 0.15) is 49.7 Å². The third kappa shape index (κ3) is 4.35. The van der Waals surface area contributed by atoms with Crippen LogP contribution in [0.5, 0.6) is 0 Å². The van der Waals surface area contributed by atoms with Crippen molar-refractivity contribution < 1.29 is 14.3 Å². The summed E-state index contributed by atoms with van der Waals surface area (Å²) in [5.74, 6) is 0.780. The molecule has 2 aliphatic rings. The van der Waals surface area contributed by atoms with Crippen LogP contribution in [0.15, 0.2) is 48.5 Å². The standard InChI is InChI=1S/C25H30N2O3/c1-2-26-24(28)18-13-11-17(12-14-18)15-27-25(29)30-16-23-21-9-5-3-7-19(21)20-8-4-6-10-22(20)23/h3-10,17-18,23H,2,11-16H2,1H3,(H,26,28)(H,27,29). The summed E-state index contributed by atoms with van der Waals surface area (Å²) in [7, 11) is 0. The number of fused-ring (bicyclic) bond motifs is 3. The Morgan fingerprint density at radius 1 is 0.900 bits per heavy atom. The number of alkyl carbamates (subject to hydrolysis) is 1. The van der Waals surface area contributed by atoms with E-state index in [2.05, 4.69) is 34.9 Å². The van der Waals surface area contributed by atoms with Crippen molar-refractivity contribution in [1.82, 2.24) is 10.6 Å². The number of benzene rings is 2. The lowest BCUT2D eigenvalue weighted by molar-refractivity contribution is -0.126. The van der Waals surface area contributed by atoms with Crippen LogP contribution in [0.3, 0.4) is 0 Å². The lowest BCUT2D eigenvalue weighted by atomic mass is 9.81. The Labute approximate surface area is 178 Å². The maximum atomic E-state index is 12.3. The largest absolute Gasteiger partial charge is 0.449 e. The van der Waals surface area contributed by atoms with E-state index in [1.807, 2.05) is 31.2 Å². The maximum absolute atomic E-state index is 12.3. The molecule has 1 fully saturated rings. The molecule has 0 atom stereocenters. The summed E-state index contributed by atoms with van der Waals surface area (Å²) in [5, 5.41) is 5.84. The Bertz CT molecular complexity index is 857. The third-order valence-corrected chi connectivity index (χ3v) is 6.45. The first-order valence-electron chi connectivity index (χ1n) is 11.0. The molecular weight excluding hydrogens is 376 g/mol. The average Bonchev–Trinajstić information content (AvgIpc) is 3.10. The van der Waals surface area contributed by atoms with E-state index in [0.717, 1.165) is 25.7 Å². The fourth-order valence-electron chi connectivity index (χ4n) is 4.82. The Balaban J connectivity index is 1.26. The zero-order valence-electron chi connectivity index (χ0n) is 17.5. The second-order valence-electron chi connectivity index (χ2n) is 8.32. The zero-order valence-corrected chi connectivity index (χ0v) is 17.5. The number of carbonyl (C=O) groups is 2. The molecule has 0 unspecified atom stereocenters. The first-order chi connectivity index (χ1) is 14.7. The van der Waals surface area contributed by atoms with Crippen molar-refractivity contribution in [2.45, 2.75) is 38.5 Å². The van der Waals surface area contributed by atoms with E-state index in [0.29, 0.717) is 25.6 Å². The smallest absolute Gasteiger partial charge is 0.407 e. The van der Waals surface area contributed by atoms with Gasteiger partial charge in [0.2, 0.25) is 5.91 Å². The van der Waals surface area contributed by atoms with Crippen LogP contribution >= 0.6 is 0 Å². The fourth-order valence-corrected chi connectivity index (χ4v) is 4.82. The van der Waals surface area contributed by atoms with Crippen LogP contribution in [0, 0.1) is 11.8 Å². The van der Waals surface area contributed by atoms with Crippen molar-refractivity contribution in [3.63, 3.8) is 0 Å². The van der Waals surface area contributed by atoms with Gasteiger partial charge in [-0.05, 0) is 60.8 Å². The van der Waals surface area contributed by atoms with Gasteiger partial charge in [-0.25, -0.2) is 4.79 Å². The summed E-state index contributed by atoms with van der Waals surface area (Å²) < 4.78 is 5.61. The number of hydrogen-bond acceptors (Lipinski definition) is 3. The van der Waals surface area contributed by atoms with Crippen molar-refractivity contribution in [3.8, 4) is 11.1 Å². The first-order valence-corrected chi connectivity index (χ1v) is 11.0. The van der Waals surface area contributed by atoms with Crippen LogP contribution in [-0.2, 0) is 9.53 Å². The number of nitrogens with one attached hydrogen (secondary N) is 2. The highest BCUT2D eigenvalue weighted by atomic mass is 16.5. The molecule has 2 amide bonds. The van der Waals surface area contributed by atoms with Crippen molar-refractivity contribution in [1.29, 1.82) is 0 Å². The van der Waals surface area contributed by atoms with Crippen LogP contribution in [-0.4, -0.2) is 31.7 Å². The quantitative estimate of drug-likeness (QED) is 0.744. The second-order valence-corrected chi connectivity index (χ2v) is 8.32. The average molecular weight is 407 g/mol. The minimum Gasteiger partial charge on any atom is -0.449 e. The molecule has 1 saturated carbocycles. The lowest BCUT2D eigenvalue weighted by Gasteiger charge is -2.27. The molecule has 2 aromatic rings. The monoisotopic (exact) mass is 406 g/mol. The molecule has 2 aromatic carbocycles. The third-order valence-electron chi connectivity index (χ3n) is 6.45. The Morgan fingerprint density at radius 2 is 1.50 bits per heavy atom. The molecule has 0 radical (unpaired) electrons. The summed E-state index contributed by atoms with van der Waals surface area (Å²) in [5.41, 5.74) is 4.89. The molecule has 30 heavy (non-hydrogen) atoms. The van der Waals surface area contributed by atoms with Gasteiger partial charge in [-0.2, -0.15) is 0 Å². The minimum atomic E-state index is -0.359. The summed E-state index contributed by atoms with van der Waals surface area (Å²) in [4.78, 5) is 24.3. The molecule has 5 heteroatoms. The van der Waals surface area contributed by atoms with E-state index in [-0.39, 0.29) is 23.8 Å². The van der Waals surface area contributed by atoms with Gasteiger partial charge in [-0.3, -0.25) is 4.79 Å². The van der Waals surface area contributed by atoms with Gasteiger partial charge in [-0.15, -0.1) is 0 Å². The van der Waals surface area contributed by atoms with Gasteiger partial charge in [0, 0.05) is 24.9 Å². The number of rotatable bonds is 6. The van der Waals surface area contributed by atoms with E-state index >= 15 is 0 Å². The van der Waals surface area contributed by atoms with Crippen LogP contribution < -0.4 is 10.6 Å². The van der Waals surface area contributed by atoms with Gasteiger partial charge in [0.25, 0.3) is 0 Å². The molecule has 0 bridgehead atoms. The van der Waals surface area contributed by atoms with Crippen LogP contribution in [0.25, 0.3) is 11.1 Å². The Kier molecular flexibility index (Phi) is 6.36. The van der Waals surface area contributed by atoms with E-state index in [1.54, 1.807) is 0 Å². The molecule has 0 heterocycles. The first kappa shape index (κ1) is 20.5. The summed E-state index contributed by atoms with van der Waals surface area (Å²) in [6.45, 7) is 3.58. The summed E-state index contributed by atoms with van der Waals surface area (Å²) >= 11 is 0. The van der Waals surface area contributed by atoms with E-state index < -0.39 is 0 Å². The Morgan fingerprint density at radius 3 is 2.10 bits per heavy atom. The molecular formula is C25H30N2O3. The summed E-state index contributed by atoms with van der Waals surface area (Å²) in [6, 6.07) is 16.7. The molecule has 5 nitrogen and oxygen atoms in total. The van der Waals surface area contributed by atoms with Gasteiger partial charge in [-0.1, -0.05) is 48.5 Å². The van der Waals surface area contributed by atoms with Crippen LogP contribution in [0.4, 0.5) is 4.79 Å². The molecule has 0 saturated heterocycles. The molecule has 0 aromatic heterocycles. The zero-order chi connectivity index (χ0) is 20.9. The van der Waals surface area contributed by atoms with E-state index in [1.165, 1.54) is 22.3 Å². The predicted octanol–water partition coefficient (Wildman–Crippen LogP) is 4.47. The van der Waals surface area contributed by atoms with E-state index in [4.69, 9.17) is 4.74 Å². The summed E-state index contributed by atoms with van der Waals surface area (Å²) in [6.07, 6.45) is 3.35. The molecule has 158 valence electrons. The second kappa shape index (κ2) is 9.33. The molecule has 4 rings (SSSR count). The van der Waals surface area contributed by atoms with Gasteiger partial charge in [0.15, 0.2) is 0 Å². The van der Waals surface area contributed by atoms with E-state index in [9.17, 15) is 9.59 Å². The van der Waals surface area contributed by atoms with Gasteiger partial charge in [0.05, 0.1) is 0 Å². The van der Waals surface area contributed by atoms with Crippen molar-refractivity contribution in [2.75, 3.05) is 19.7 Å². The molecule has 0 aliphatic heterocycles. The molecule has 2 N–H and O–H groups in total. The number of hydrogen-bond donors (Lipinski definition) is 2. The van der Waals surface area contributed by atoms with Crippen molar-refractivity contribution in [2.24, 2.45) is 11.8 Å². The Hall–Kier alpha value is -2.82. The van der Waals surface area contributed by atoms with Gasteiger partial charge < -0.3 is 15.4 Å². The highest BCUT2D eigenvalue weighted by molar-refractivity contribution is 5.79. The SMILES string of the molecule is CCNC(=O)C1CCC(CNC(=O)OCC2c3ccccc3-c3ccccc32)CC1. The fraction of sp³-hybridized carbons (Fsp3) is 0.440. The van der Waals surface area contributed by atoms with Crippen molar-refractivity contribution >= 4 is 12.0 Å². The van der Waals surface area contributed by atoms with Gasteiger partial charge in [0.1, 0.15) is 6.61 Å². The number of ether oxygens (including phenoxy) is 1.